The number of aryl methyl sites for hydroxylation is 2. The summed E-state index contributed by atoms with van der Waals surface area (Å²) < 4.78 is 36.3. The van der Waals surface area contributed by atoms with Crippen LogP contribution in [0.15, 0.2) is 59.8 Å². The first-order valence-electron chi connectivity index (χ1n) is 9.09. The van der Waals surface area contributed by atoms with Crippen molar-refractivity contribution in [2.24, 2.45) is 12.1 Å². The molecule has 0 saturated carbocycles. The largest absolute Gasteiger partial charge is 0.748 e. The third-order valence-corrected chi connectivity index (χ3v) is 5.42. The molecule has 0 amide bonds. The van der Waals surface area contributed by atoms with Crippen LogP contribution in [0.25, 0.3) is 10.9 Å². The van der Waals surface area contributed by atoms with Crippen LogP contribution in [0.2, 0.25) is 0 Å². The van der Waals surface area contributed by atoms with Gasteiger partial charge in [0.25, 0.3) is 0 Å². The molecule has 0 unspecified atom stereocenters. The molecule has 0 spiro atoms. The molecule has 0 aliphatic rings. The van der Waals surface area contributed by atoms with Gasteiger partial charge in [-0.25, -0.2) is 8.42 Å². The molecule has 0 fully saturated rings. The molecule has 28 heavy (non-hydrogen) atoms. The monoisotopic (exact) mass is 400 g/mol. The molecule has 1 heterocycles. The molecule has 3 aromatic rings. The maximum Gasteiger partial charge on any atom is 0.203 e. The number of nitrogens with zero attached hydrogens (tertiary/aromatic N) is 4. The lowest BCUT2D eigenvalue weighted by atomic mass is 10.1. The molecule has 3 rings (SSSR count). The van der Waals surface area contributed by atoms with E-state index in [2.05, 4.69) is 5.10 Å². The second kappa shape index (κ2) is 8.53. The summed E-state index contributed by atoms with van der Waals surface area (Å²) in [5.41, 5.74) is 3.04. The Morgan fingerprint density at radius 3 is 2.61 bits per heavy atom. The summed E-state index contributed by atoms with van der Waals surface area (Å²) in [7, 11) is -0.279. The topological polar surface area (TPSA) is 81.6 Å². The predicted octanol–water partition coefficient (Wildman–Crippen LogP) is 2.26. The van der Waals surface area contributed by atoms with E-state index in [4.69, 9.17) is 0 Å². The van der Waals surface area contributed by atoms with Crippen molar-refractivity contribution in [3.63, 3.8) is 0 Å². The van der Waals surface area contributed by atoms with E-state index in [0.29, 0.717) is 19.4 Å². The van der Waals surface area contributed by atoms with E-state index in [1.54, 1.807) is 0 Å². The van der Waals surface area contributed by atoms with Gasteiger partial charge in [0.2, 0.25) is 6.20 Å². The van der Waals surface area contributed by atoms with Crippen LogP contribution in [-0.4, -0.2) is 36.7 Å². The van der Waals surface area contributed by atoms with Crippen molar-refractivity contribution in [3.05, 3.63) is 60.3 Å². The third kappa shape index (κ3) is 4.96. The lowest BCUT2D eigenvalue weighted by Gasteiger charge is -2.12. The van der Waals surface area contributed by atoms with Gasteiger partial charge in [-0.3, -0.25) is 5.01 Å². The molecule has 0 saturated heterocycles. The highest BCUT2D eigenvalue weighted by atomic mass is 32.2. The summed E-state index contributed by atoms with van der Waals surface area (Å²) in [6.07, 6.45) is 4.84. The van der Waals surface area contributed by atoms with Crippen LogP contribution in [-0.2, 0) is 23.7 Å². The van der Waals surface area contributed by atoms with Gasteiger partial charge in [0.15, 0.2) is 6.54 Å². The van der Waals surface area contributed by atoms with E-state index in [9.17, 15) is 13.0 Å². The van der Waals surface area contributed by atoms with Gasteiger partial charge in [0.1, 0.15) is 5.52 Å². The maximum atomic E-state index is 10.7. The minimum Gasteiger partial charge on any atom is -0.748 e. The predicted molar refractivity (Wildman–Crippen MR) is 109 cm³/mol. The number of benzene rings is 2. The Kier molecular flexibility index (Phi) is 6.11. The van der Waals surface area contributed by atoms with E-state index >= 15 is 0 Å². The number of hydrogen-bond donors (Lipinski definition) is 0. The molecule has 0 N–H and O–H groups in total. The fourth-order valence-corrected chi connectivity index (χ4v) is 3.72. The van der Waals surface area contributed by atoms with Crippen LogP contribution < -0.4 is 9.69 Å². The van der Waals surface area contributed by atoms with E-state index in [1.165, 1.54) is 0 Å². The van der Waals surface area contributed by atoms with E-state index in [0.717, 1.165) is 22.2 Å². The Bertz CT molecular complexity index is 1080. The van der Waals surface area contributed by atoms with Gasteiger partial charge in [-0.15, -0.1) is 4.68 Å². The zero-order valence-electron chi connectivity index (χ0n) is 16.0. The molecular formula is C20H24N4O3S. The van der Waals surface area contributed by atoms with Crippen LogP contribution in [0, 0.1) is 0 Å². The summed E-state index contributed by atoms with van der Waals surface area (Å²) in [4.78, 5) is 0. The van der Waals surface area contributed by atoms with Crippen molar-refractivity contribution < 1.29 is 17.7 Å². The molecule has 0 aliphatic carbocycles. The highest BCUT2D eigenvalue weighted by Gasteiger charge is 2.15. The van der Waals surface area contributed by atoms with E-state index in [-0.39, 0.29) is 5.75 Å². The van der Waals surface area contributed by atoms with Crippen LogP contribution in [0.4, 0.5) is 5.69 Å². The van der Waals surface area contributed by atoms with Gasteiger partial charge >= 0.3 is 0 Å². The molecule has 148 valence electrons. The normalized spacial score (nSPS) is 12.1. The Labute approximate surface area is 165 Å². The van der Waals surface area contributed by atoms with Crippen LogP contribution >= 0.6 is 0 Å². The van der Waals surface area contributed by atoms with Gasteiger partial charge in [-0.2, -0.15) is 9.78 Å². The van der Waals surface area contributed by atoms with Gasteiger partial charge in [0.05, 0.1) is 34.5 Å². The molecule has 2 aromatic carbocycles. The Balaban J connectivity index is 1.78. The third-order valence-electron chi connectivity index (χ3n) is 4.63. The van der Waals surface area contributed by atoms with E-state index in [1.807, 2.05) is 89.4 Å². The summed E-state index contributed by atoms with van der Waals surface area (Å²) in [6, 6.07) is 15.9. The molecule has 0 atom stereocenters. The molecular weight excluding hydrogens is 376 g/mol. The van der Waals surface area contributed by atoms with Crippen LogP contribution in [0.1, 0.15) is 18.4 Å². The van der Waals surface area contributed by atoms with Gasteiger partial charge in [-0.1, -0.05) is 30.3 Å². The molecule has 1 aromatic heterocycles. The van der Waals surface area contributed by atoms with Crippen molar-refractivity contribution in [1.82, 2.24) is 4.68 Å². The van der Waals surface area contributed by atoms with Crippen LogP contribution in [0.5, 0.6) is 0 Å². The standard InChI is InChI=1S/C20H24N4O3S/c1-22(19-11-4-3-5-12-19)21-15-17-9-8-10-18-16-24(23(2)20(17)18)13-6-7-14-28(25,26)27/h3-5,8-12,15-16H,6-7,13-14H2,1-2H3/b21-15+. The lowest BCUT2D eigenvalue weighted by molar-refractivity contribution is -0.771. The quantitative estimate of drug-likeness (QED) is 0.191. The second-order valence-corrected chi connectivity index (χ2v) is 8.20. The number of para-hydroxylation sites is 2. The number of aromatic nitrogens is 2. The molecule has 7 nitrogen and oxygen atoms in total. The summed E-state index contributed by atoms with van der Waals surface area (Å²) in [5, 5.41) is 7.44. The van der Waals surface area contributed by atoms with Crippen molar-refractivity contribution in [1.29, 1.82) is 0 Å². The average Bonchev–Trinajstić information content (AvgIpc) is 2.99. The minimum absolute atomic E-state index is 0.318. The molecule has 0 aliphatic heterocycles. The number of unbranched alkanes of at least 4 members (excludes halogenated alkanes) is 1. The zero-order chi connectivity index (χ0) is 20.1. The summed E-state index contributed by atoms with van der Waals surface area (Å²) in [5.74, 6) is -0.318. The van der Waals surface area contributed by atoms with Gasteiger partial charge in [-0.05, 0) is 24.6 Å². The smallest absolute Gasteiger partial charge is 0.203 e. The number of anilines is 1. The van der Waals surface area contributed by atoms with Crippen molar-refractivity contribution in [3.8, 4) is 0 Å². The van der Waals surface area contributed by atoms with Gasteiger partial charge < -0.3 is 4.55 Å². The van der Waals surface area contributed by atoms with Crippen molar-refractivity contribution in [2.45, 2.75) is 19.4 Å². The number of hydrazone groups is 1. The highest BCUT2D eigenvalue weighted by molar-refractivity contribution is 7.85. The average molecular weight is 401 g/mol. The van der Waals surface area contributed by atoms with Gasteiger partial charge in [0, 0.05) is 24.8 Å². The highest BCUT2D eigenvalue weighted by Crippen LogP contribution is 2.17. The van der Waals surface area contributed by atoms with Crippen molar-refractivity contribution in [2.75, 3.05) is 17.8 Å². The number of rotatable bonds is 8. The molecule has 0 radical (unpaired) electrons. The fraction of sp³-hybridized carbons (Fsp3) is 0.300. The Hall–Kier alpha value is -2.71. The van der Waals surface area contributed by atoms with Crippen LogP contribution in [0.3, 0.4) is 0 Å². The zero-order valence-corrected chi connectivity index (χ0v) is 16.8. The van der Waals surface area contributed by atoms with Crippen molar-refractivity contribution >= 4 is 32.9 Å². The molecule has 0 bridgehead atoms. The number of hydrogen-bond acceptors (Lipinski definition) is 5. The fourth-order valence-electron chi connectivity index (χ4n) is 3.16. The first-order chi connectivity index (χ1) is 13.3. The van der Waals surface area contributed by atoms with E-state index < -0.39 is 10.1 Å². The second-order valence-electron chi connectivity index (χ2n) is 6.67. The summed E-state index contributed by atoms with van der Waals surface area (Å²) >= 11 is 0. The Morgan fingerprint density at radius 1 is 1.14 bits per heavy atom. The first kappa shape index (κ1) is 20.0. The maximum absolute atomic E-state index is 10.7. The first-order valence-corrected chi connectivity index (χ1v) is 10.7. The lowest BCUT2D eigenvalue weighted by Crippen LogP contribution is -2.41. The SMILES string of the molecule is CN(/N=C/c1cccc2c[n+](CCCCS(=O)(=O)[O-])n(C)c12)c1ccccc1. The minimum atomic E-state index is -4.15. The Morgan fingerprint density at radius 2 is 1.89 bits per heavy atom. The number of fused-ring (bicyclic) bond motifs is 1. The summed E-state index contributed by atoms with van der Waals surface area (Å²) in [6.45, 7) is 0.640. The molecule has 8 heteroatoms.